The SMILES string of the molecule is CCCNCC(=O)NC(C)Cc1cccs1. The average Bonchev–Trinajstić information content (AvgIpc) is 2.70. The molecule has 0 aliphatic rings. The second-order valence-electron chi connectivity index (χ2n) is 3.93. The van der Waals surface area contributed by atoms with Crippen LogP contribution in [0.2, 0.25) is 0 Å². The van der Waals surface area contributed by atoms with E-state index in [2.05, 4.69) is 29.0 Å². The molecule has 0 saturated carbocycles. The van der Waals surface area contributed by atoms with Crippen molar-refractivity contribution in [3.05, 3.63) is 22.4 Å². The first-order valence-corrected chi connectivity index (χ1v) is 6.62. The molecule has 0 saturated heterocycles. The van der Waals surface area contributed by atoms with Gasteiger partial charge in [0.25, 0.3) is 0 Å². The van der Waals surface area contributed by atoms with Gasteiger partial charge in [0.2, 0.25) is 5.91 Å². The van der Waals surface area contributed by atoms with Gasteiger partial charge >= 0.3 is 0 Å². The molecule has 0 aromatic carbocycles. The number of thiophene rings is 1. The molecular weight excluding hydrogens is 220 g/mol. The summed E-state index contributed by atoms with van der Waals surface area (Å²) in [4.78, 5) is 12.8. The molecule has 1 heterocycles. The predicted octanol–water partition coefficient (Wildman–Crippen LogP) is 1.79. The van der Waals surface area contributed by atoms with Crippen LogP contribution < -0.4 is 10.6 Å². The highest BCUT2D eigenvalue weighted by molar-refractivity contribution is 7.09. The second-order valence-corrected chi connectivity index (χ2v) is 4.96. The Morgan fingerprint density at radius 1 is 1.56 bits per heavy atom. The Balaban J connectivity index is 2.18. The van der Waals surface area contributed by atoms with Gasteiger partial charge in [-0.3, -0.25) is 4.79 Å². The standard InChI is InChI=1S/C12H20N2OS/c1-3-6-13-9-12(15)14-10(2)8-11-5-4-7-16-11/h4-5,7,10,13H,3,6,8-9H2,1-2H3,(H,14,15). The zero-order valence-electron chi connectivity index (χ0n) is 9.95. The van der Waals surface area contributed by atoms with Crippen molar-refractivity contribution in [1.29, 1.82) is 0 Å². The molecule has 1 rings (SSSR count). The Morgan fingerprint density at radius 2 is 2.38 bits per heavy atom. The fraction of sp³-hybridized carbons (Fsp3) is 0.583. The van der Waals surface area contributed by atoms with Crippen LogP contribution in [-0.4, -0.2) is 25.0 Å². The Morgan fingerprint density at radius 3 is 3.00 bits per heavy atom. The van der Waals surface area contributed by atoms with E-state index in [1.807, 2.05) is 13.0 Å². The Bertz CT molecular complexity index is 298. The number of hydrogen-bond donors (Lipinski definition) is 2. The van der Waals surface area contributed by atoms with Gasteiger partial charge in [-0.15, -0.1) is 11.3 Å². The maximum Gasteiger partial charge on any atom is 0.234 e. The third kappa shape index (κ3) is 5.28. The lowest BCUT2D eigenvalue weighted by Gasteiger charge is -2.13. The van der Waals surface area contributed by atoms with Crippen LogP contribution in [0.5, 0.6) is 0 Å². The Hall–Kier alpha value is -0.870. The maximum atomic E-state index is 11.5. The van der Waals surface area contributed by atoms with Gasteiger partial charge in [0.1, 0.15) is 0 Å². The van der Waals surface area contributed by atoms with Gasteiger partial charge < -0.3 is 10.6 Å². The van der Waals surface area contributed by atoms with Crippen molar-refractivity contribution in [2.75, 3.05) is 13.1 Å². The zero-order chi connectivity index (χ0) is 11.8. The van der Waals surface area contributed by atoms with E-state index in [4.69, 9.17) is 0 Å². The highest BCUT2D eigenvalue weighted by Crippen LogP contribution is 2.10. The Kier molecular flexibility index (Phi) is 6.11. The highest BCUT2D eigenvalue weighted by Gasteiger charge is 2.07. The highest BCUT2D eigenvalue weighted by atomic mass is 32.1. The molecule has 3 nitrogen and oxygen atoms in total. The summed E-state index contributed by atoms with van der Waals surface area (Å²) in [6.07, 6.45) is 1.97. The van der Waals surface area contributed by atoms with E-state index in [9.17, 15) is 4.79 Å². The van der Waals surface area contributed by atoms with Crippen LogP contribution in [-0.2, 0) is 11.2 Å². The van der Waals surface area contributed by atoms with Gasteiger partial charge in [0, 0.05) is 17.3 Å². The minimum Gasteiger partial charge on any atom is -0.352 e. The van der Waals surface area contributed by atoms with Gasteiger partial charge in [-0.05, 0) is 31.3 Å². The molecule has 0 fully saturated rings. The summed E-state index contributed by atoms with van der Waals surface area (Å²) < 4.78 is 0. The van der Waals surface area contributed by atoms with E-state index in [-0.39, 0.29) is 11.9 Å². The molecule has 16 heavy (non-hydrogen) atoms. The maximum absolute atomic E-state index is 11.5. The first kappa shape index (κ1) is 13.2. The van der Waals surface area contributed by atoms with Crippen molar-refractivity contribution in [2.24, 2.45) is 0 Å². The topological polar surface area (TPSA) is 41.1 Å². The summed E-state index contributed by atoms with van der Waals surface area (Å²) in [6.45, 7) is 5.44. The number of nitrogens with one attached hydrogen (secondary N) is 2. The summed E-state index contributed by atoms with van der Waals surface area (Å²) in [5, 5.41) is 8.13. The molecule has 0 aliphatic carbocycles. The average molecular weight is 240 g/mol. The van der Waals surface area contributed by atoms with Crippen LogP contribution in [0.1, 0.15) is 25.1 Å². The first-order valence-electron chi connectivity index (χ1n) is 5.74. The third-order valence-electron chi connectivity index (χ3n) is 2.21. The molecule has 0 radical (unpaired) electrons. The van der Waals surface area contributed by atoms with E-state index in [1.54, 1.807) is 11.3 Å². The third-order valence-corrected chi connectivity index (χ3v) is 3.11. The lowest BCUT2D eigenvalue weighted by atomic mass is 10.2. The van der Waals surface area contributed by atoms with Gasteiger partial charge in [-0.25, -0.2) is 0 Å². The molecule has 1 aromatic heterocycles. The van der Waals surface area contributed by atoms with Crippen molar-refractivity contribution in [3.63, 3.8) is 0 Å². The molecule has 4 heteroatoms. The Labute approximate surface area is 101 Å². The number of carbonyl (C=O) groups excluding carboxylic acids is 1. The molecule has 1 aromatic rings. The van der Waals surface area contributed by atoms with Gasteiger partial charge in [0.05, 0.1) is 6.54 Å². The summed E-state index contributed by atoms with van der Waals surface area (Å²) in [5.74, 6) is 0.0810. The summed E-state index contributed by atoms with van der Waals surface area (Å²) in [7, 11) is 0. The molecule has 1 unspecified atom stereocenters. The fourth-order valence-electron chi connectivity index (χ4n) is 1.49. The van der Waals surface area contributed by atoms with Crippen LogP contribution in [0.15, 0.2) is 17.5 Å². The smallest absolute Gasteiger partial charge is 0.234 e. The number of amides is 1. The number of hydrogen-bond acceptors (Lipinski definition) is 3. The monoisotopic (exact) mass is 240 g/mol. The molecular formula is C12H20N2OS. The summed E-state index contributed by atoms with van der Waals surface area (Å²) >= 11 is 1.73. The molecule has 2 N–H and O–H groups in total. The van der Waals surface area contributed by atoms with E-state index >= 15 is 0 Å². The predicted molar refractivity (Wildman–Crippen MR) is 68.8 cm³/mol. The fourth-order valence-corrected chi connectivity index (χ4v) is 2.32. The van der Waals surface area contributed by atoms with Crippen molar-refractivity contribution < 1.29 is 4.79 Å². The molecule has 90 valence electrons. The van der Waals surface area contributed by atoms with Crippen LogP contribution in [0.3, 0.4) is 0 Å². The lowest BCUT2D eigenvalue weighted by molar-refractivity contribution is -0.120. The van der Waals surface area contributed by atoms with Gasteiger partial charge in [-0.1, -0.05) is 13.0 Å². The summed E-state index contributed by atoms with van der Waals surface area (Å²) in [5.41, 5.74) is 0. The van der Waals surface area contributed by atoms with Gasteiger partial charge in [0.15, 0.2) is 0 Å². The van der Waals surface area contributed by atoms with Crippen LogP contribution in [0.25, 0.3) is 0 Å². The minimum atomic E-state index is 0.0810. The normalized spacial score (nSPS) is 12.4. The quantitative estimate of drug-likeness (QED) is 0.714. The van der Waals surface area contributed by atoms with Crippen molar-refractivity contribution in [3.8, 4) is 0 Å². The van der Waals surface area contributed by atoms with Crippen molar-refractivity contribution in [2.45, 2.75) is 32.7 Å². The van der Waals surface area contributed by atoms with Crippen LogP contribution in [0.4, 0.5) is 0 Å². The largest absolute Gasteiger partial charge is 0.352 e. The molecule has 1 atom stereocenters. The second kappa shape index (κ2) is 7.41. The summed E-state index contributed by atoms with van der Waals surface area (Å²) in [6, 6.07) is 4.34. The molecule has 0 spiro atoms. The number of carbonyl (C=O) groups is 1. The number of rotatable bonds is 7. The van der Waals surface area contributed by atoms with Gasteiger partial charge in [-0.2, -0.15) is 0 Å². The van der Waals surface area contributed by atoms with E-state index < -0.39 is 0 Å². The zero-order valence-corrected chi connectivity index (χ0v) is 10.8. The van der Waals surface area contributed by atoms with Crippen molar-refractivity contribution >= 4 is 17.2 Å². The van der Waals surface area contributed by atoms with E-state index in [0.717, 1.165) is 19.4 Å². The lowest BCUT2D eigenvalue weighted by Crippen LogP contribution is -2.40. The molecule has 0 aliphatic heterocycles. The van der Waals surface area contributed by atoms with Crippen LogP contribution in [0, 0.1) is 0 Å². The van der Waals surface area contributed by atoms with Crippen molar-refractivity contribution in [1.82, 2.24) is 10.6 Å². The van der Waals surface area contributed by atoms with E-state index in [0.29, 0.717) is 6.54 Å². The van der Waals surface area contributed by atoms with Crippen LogP contribution >= 0.6 is 11.3 Å². The van der Waals surface area contributed by atoms with E-state index in [1.165, 1.54) is 4.88 Å². The first-order chi connectivity index (χ1) is 7.72. The molecule has 1 amide bonds. The minimum absolute atomic E-state index is 0.0810. The molecule has 0 bridgehead atoms.